The zero-order valence-electron chi connectivity index (χ0n) is 15.0. The van der Waals surface area contributed by atoms with Gasteiger partial charge in [-0.05, 0) is 48.0 Å². The minimum Gasteiger partial charge on any atom is -0.355 e. The van der Waals surface area contributed by atoms with Crippen molar-refractivity contribution < 1.29 is 9.59 Å². The van der Waals surface area contributed by atoms with Crippen molar-refractivity contribution in [1.82, 2.24) is 0 Å². The molecule has 3 aromatic carbocycles. The van der Waals surface area contributed by atoms with Crippen LogP contribution in [-0.4, -0.2) is 11.8 Å². The normalized spacial score (nSPS) is 10.1. The predicted molar refractivity (Wildman–Crippen MR) is 109 cm³/mol. The van der Waals surface area contributed by atoms with E-state index in [1.165, 1.54) is 6.92 Å². The number of anilines is 4. The lowest BCUT2D eigenvalue weighted by Gasteiger charge is -2.10. The Labute approximate surface area is 158 Å². The summed E-state index contributed by atoms with van der Waals surface area (Å²) in [6.45, 7) is 1.46. The average molecular weight is 359 g/mol. The number of para-hydroxylation sites is 1. The molecule has 0 saturated carbocycles. The van der Waals surface area contributed by atoms with Crippen LogP contribution in [0.2, 0.25) is 0 Å². The first-order chi connectivity index (χ1) is 13.1. The van der Waals surface area contributed by atoms with Gasteiger partial charge in [0, 0.05) is 29.7 Å². The van der Waals surface area contributed by atoms with Crippen LogP contribution >= 0.6 is 0 Å². The lowest BCUT2D eigenvalue weighted by molar-refractivity contribution is -0.116. The molecule has 0 aliphatic heterocycles. The smallest absolute Gasteiger partial charge is 0.228 e. The molecule has 3 rings (SSSR count). The van der Waals surface area contributed by atoms with E-state index in [9.17, 15) is 9.59 Å². The van der Waals surface area contributed by atoms with E-state index in [1.54, 1.807) is 12.1 Å². The van der Waals surface area contributed by atoms with Gasteiger partial charge in [-0.3, -0.25) is 9.59 Å². The fraction of sp³-hybridized carbons (Fsp3) is 0.0909. The lowest BCUT2D eigenvalue weighted by atomic mass is 10.1. The third-order valence-corrected chi connectivity index (χ3v) is 3.85. The second-order valence-electron chi connectivity index (χ2n) is 6.17. The zero-order chi connectivity index (χ0) is 19.1. The van der Waals surface area contributed by atoms with E-state index < -0.39 is 0 Å². The molecule has 5 heteroatoms. The third kappa shape index (κ3) is 5.71. The number of carbonyl (C=O) groups is 2. The standard InChI is InChI=1S/C22H21N3O2/c1-16(26)23-19-12-10-17(11-13-19)14-22(27)25-21-9-5-8-20(15-21)24-18-6-3-2-4-7-18/h2-13,15,24H,14H2,1H3,(H,23,26)(H,25,27). The summed E-state index contributed by atoms with van der Waals surface area (Å²) in [5, 5.41) is 8.92. The molecule has 0 heterocycles. The molecule has 0 radical (unpaired) electrons. The molecular formula is C22H21N3O2. The maximum Gasteiger partial charge on any atom is 0.228 e. The highest BCUT2D eigenvalue weighted by Gasteiger charge is 2.06. The quantitative estimate of drug-likeness (QED) is 0.604. The van der Waals surface area contributed by atoms with Gasteiger partial charge >= 0.3 is 0 Å². The molecule has 0 saturated heterocycles. The van der Waals surface area contributed by atoms with Crippen LogP contribution < -0.4 is 16.0 Å². The number of benzene rings is 3. The Morgan fingerprint density at radius 3 is 2.07 bits per heavy atom. The SMILES string of the molecule is CC(=O)Nc1ccc(CC(=O)Nc2cccc(Nc3ccccc3)c2)cc1. The van der Waals surface area contributed by atoms with Crippen LogP contribution in [0.1, 0.15) is 12.5 Å². The maximum absolute atomic E-state index is 12.3. The summed E-state index contributed by atoms with van der Waals surface area (Å²) >= 11 is 0. The van der Waals surface area contributed by atoms with Crippen LogP contribution in [0.15, 0.2) is 78.9 Å². The van der Waals surface area contributed by atoms with E-state index in [1.807, 2.05) is 66.7 Å². The van der Waals surface area contributed by atoms with E-state index in [-0.39, 0.29) is 18.2 Å². The van der Waals surface area contributed by atoms with Crippen molar-refractivity contribution >= 4 is 34.6 Å². The van der Waals surface area contributed by atoms with Gasteiger partial charge < -0.3 is 16.0 Å². The third-order valence-electron chi connectivity index (χ3n) is 3.85. The van der Waals surface area contributed by atoms with Crippen molar-refractivity contribution in [3.63, 3.8) is 0 Å². The first-order valence-electron chi connectivity index (χ1n) is 8.67. The van der Waals surface area contributed by atoms with Gasteiger partial charge in [0.1, 0.15) is 0 Å². The first-order valence-corrected chi connectivity index (χ1v) is 8.67. The van der Waals surface area contributed by atoms with Crippen LogP contribution in [0.3, 0.4) is 0 Å². The second kappa shape index (κ2) is 8.67. The van der Waals surface area contributed by atoms with Crippen LogP contribution in [0.5, 0.6) is 0 Å². The number of hydrogen-bond donors (Lipinski definition) is 3. The van der Waals surface area contributed by atoms with Gasteiger partial charge in [-0.1, -0.05) is 36.4 Å². The summed E-state index contributed by atoms with van der Waals surface area (Å²) in [6.07, 6.45) is 0.261. The molecule has 0 spiro atoms. The Morgan fingerprint density at radius 2 is 1.37 bits per heavy atom. The highest BCUT2D eigenvalue weighted by molar-refractivity contribution is 5.93. The molecule has 0 atom stereocenters. The van der Waals surface area contributed by atoms with Crippen LogP contribution in [0.25, 0.3) is 0 Å². The number of nitrogens with one attached hydrogen (secondary N) is 3. The van der Waals surface area contributed by atoms with Gasteiger partial charge in [-0.2, -0.15) is 0 Å². The molecule has 3 aromatic rings. The number of rotatable bonds is 6. The van der Waals surface area contributed by atoms with Crippen LogP contribution in [-0.2, 0) is 16.0 Å². The lowest BCUT2D eigenvalue weighted by Crippen LogP contribution is -2.14. The molecule has 0 bridgehead atoms. The topological polar surface area (TPSA) is 70.2 Å². The molecule has 0 aliphatic rings. The summed E-state index contributed by atoms with van der Waals surface area (Å²) in [5.74, 6) is -0.219. The molecular weight excluding hydrogens is 338 g/mol. The fourth-order valence-corrected chi connectivity index (χ4v) is 2.66. The van der Waals surface area contributed by atoms with E-state index in [0.717, 1.165) is 22.6 Å². The van der Waals surface area contributed by atoms with Crippen molar-refractivity contribution in [2.75, 3.05) is 16.0 Å². The summed E-state index contributed by atoms with van der Waals surface area (Å²) in [6, 6.07) is 24.7. The van der Waals surface area contributed by atoms with Gasteiger partial charge in [0.15, 0.2) is 0 Å². The average Bonchev–Trinajstić information content (AvgIpc) is 2.64. The van der Waals surface area contributed by atoms with E-state index in [2.05, 4.69) is 16.0 Å². The van der Waals surface area contributed by atoms with Gasteiger partial charge in [-0.25, -0.2) is 0 Å². The van der Waals surface area contributed by atoms with Crippen molar-refractivity contribution in [1.29, 1.82) is 0 Å². The van der Waals surface area contributed by atoms with Crippen LogP contribution in [0, 0.1) is 0 Å². The zero-order valence-corrected chi connectivity index (χ0v) is 15.0. The van der Waals surface area contributed by atoms with Gasteiger partial charge in [0.05, 0.1) is 6.42 Å². The van der Waals surface area contributed by atoms with Crippen LogP contribution in [0.4, 0.5) is 22.7 Å². The first kappa shape index (κ1) is 18.2. The predicted octanol–water partition coefficient (Wildman–Crippen LogP) is 4.57. The van der Waals surface area contributed by atoms with Crippen molar-refractivity contribution in [2.45, 2.75) is 13.3 Å². The molecule has 0 unspecified atom stereocenters. The summed E-state index contributed by atoms with van der Waals surface area (Å²) in [5.41, 5.74) is 4.21. The van der Waals surface area contributed by atoms with Gasteiger partial charge in [0.2, 0.25) is 11.8 Å². The molecule has 5 nitrogen and oxygen atoms in total. The monoisotopic (exact) mass is 359 g/mol. The second-order valence-corrected chi connectivity index (χ2v) is 6.17. The summed E-state index contributed by atoms with van der Waals surface area (Å²) in [4.78, 5) is 23.4. The summed E-state index contributed by atoms with van der Waals surface area (Å²) in [7, 11) is 0. The molecule has 0 fully saturated rings. The molecule has 3 N–H and O–H groups in total. The van der Waals surface area contributed by atoms with Gasteiger partial charge in [-0.15, -0.1) is 0 Å². The van der Waals surface area contributed by atoms with Crippen molar-refractivity contribution in [2.24, 2.45) is 0 Å². The molecule has 0 aromatic heterocycles. The Kier molecular flexibility index (Phi) is 5.84. The molecule has 2 amide bonds. The highest BCUT2D eigenvalue weighted by atomic mass is 16.2. The van der Waals surface area contributed by atoms with E-state index in [4.69, 9.17) is 0 Å². The molecule has 27 heavy (non-hydrogen) atoms. The number of amides is 2. The number of carbonyl (C=O) groups excluding carboxylic acids is 2. The van der Waals surface area contributed by atoms with E-state index in [0.29, 0.717) is 5.69 Å². The van der Waals surface area contributed by atoms with Crippen molar-refractivity contribution in [3.8, 4) is 0 Å². The minimum atomic E-state index is -0.121. The fourth-order valence-electron chi connectivity index (χ4n) is 2.66. The Bertz CT molecular complexity index is 922. The largest absolute Gasteiger partial charge is 0.355 e. The van der Waals surface area contributed by atoms with E-state index >= 15 is 0 Å². The molecule has 0 aliphatic carbocycles. The van der Waals surface area contributed by atoms with Crippen molar-refractivity contribution in [3.05, 3.63) is 84.4 Å². The summed E-state index contributed by atoms with van der Waals surface area (Å²) < 4.78 is 0. The maximum atomic E-state index is 12.3. The Balaban J connectivity index is 1.59. The Morgan fingerprint density at radius 1 is 0.704 bits per heavy atom. The minimum absolute atomic E-state index is 0.0980. The Hall–Kier alpha value is -3.60. The molecule has 136 valence electrons. The van der Waals surface area contributed by atoms with Gasteiger partial charge in [0.25, 0.3) is 0 Å². The number of hydrogen-bond acceptors (Lipinski definition) is 3. The highest BCUT2D eigenvalue weighted by Crippen LogP contribution is 2.20.